The molecule has 2 saturated carbocycles. The highest BCUT2D eigenvalue weighted by Crippen LogP contribution is 2.59. The highest BCUT2D eigenvalue weighted by Gasteiger charge is 2.63. The Bertz CT molecular complexity index is 416. The van der Waals surface area contributed by atoms with Crippen LogP contribution in [0.1, 0.15) is 46.5 Å². The molecule has 3 atom stereocenters. The molecular formula is C16H24O3. The van der Waals surface area contributed by atoms with Gasteiger partial charge in [0.05, 0.1) is 13.2 Å². The second-order valence-corrected chi connectivity index (χ2v) is 6.77. The molecule has 19 heavy (non-hydrogen) atoms. The monoisotopic (exact) mass is 264 g/mol. The van der Waals surface area contributed by atoms with Gasteiger partial charge >= 0.3 is 0 Å². The van der Waals surface area contributed by atoms with E-state index in [4.69, 9.17) is 9.47 Å². The summed E-state index contributed by atoms with van der Waals surface area (Å²) in [5, 5.41) is 0. The maximum absolute atomic E-state index is 12.4. The first-order chi connectivity index (χ1) is 8.98. The smallest absolute Gasteiger partial charge is 0.173 e. The lowest BCUT2D eigenvalue weighted by atomic mass is 9.63. The standard InChI is InChI=1S/C16H24O3/c1-11(2)10-12-4-6-15(3)13(17)5-7-16(14(12)15)18-8-9-19-16/h10,12,14H,4-9H2,1-3H3/t12-,14-,15+/m0/s1. The van der Waals surface area contributed by atoms with Crippen molar-refractivity contribution in [2.24, 2.45) is 17.3 Å². The van der Waals surface area contributed by atoms with E-state index < -0.39 is 5.79 Å². The SMILES string of the molecule is CC(C)=C[C@@H]1CC[C@]2(C)C(=O)CCC3(OCCO3)[C@@H]12. The van der Waals surface area contributed by atoms with E-state index in [2.05, 4.69) is 26.8 Å². The number of fused-ring (bicyclic) bond motifs is 2. The molecule has 3 heteroatoms. The minimum Gasteiger partial charge on any atom is -0.347 e. The molecule has 3 fully saturated rings. The van der Waals surface area contributed by atoms with Crippen LogP contribution in [0, 0.1) is 17.3 Å². The third-order valence-corrected chi connectivity index (χ3v) is 5.25. The van der Waals surface area contributed by atoms with Gasteiger partial charge < -0.3 is 9.47 Å². The second-order valence-electron chi connectivity index (χ2n) is 6.77. The highest BCUT2D eigenvalue weighted by atomic mass is 16.7. The van der Waals surface area contributed by atoms with Crippen LogP contribution in [-0.4, -0.2) is 24.8 Å². The number of carbonyl (C=O) groups is 1. The zero-order valence-corrected chi connectivity index (χ0v) is 12.2. The molecule has 0 aromatic heterocycles. The van der Waals surface area contributed by atoms with Crippen LogP contribution in [0.5, 0.6) is 0 Å². The molecule has 0 aromatic carbocycles. The maximum atomic E-state index is 12.4. The molecule has 0 N–H and O–H groups in total. The average Bonchev–Trinajstić information content (AvgIpc) is 2.92. The van der Waals surface area contributed by atoms with Gasteiger partial charge in [0.15, 0.2) is 5.79 Å². The van der Waals surface area contributed by atoms with Gasteiger partial charge in [-0.1, -0.05) is 18.6 Å². The average molecular weight is 264 g/mol. The third kappa shape index (κ3) is 1.90. The quantitative estimate of drug-likeness (QED) is 0.683. The van der Waals surface area contributed by atoms with Crippen molar-refractivity contribution in [3.63, 3.8) is 0 Å². The fourth-order valence-electron chi connectivity index (χ4n) is 4.52. The van der Waals surface area contributed by atoms with Crippen molar-refractivity contribution in [1.82, 2.24) is 0 Å². The summed E-state index contributed by atoms with van der Waals surface area (Å²) >= 11 is 0. The molecule has 3 nitrogen and oxygen atoms in total. The van der Waals surface area contributed by atoms with Crippen LogP contribution in [0.15, 0.2) is 11.6 Å². The first-order valence-corrected chi connectivity index (χ1v) is 7.44. The fourth-order valence-corrected chi connectivity index (χ4v) is 4.52. The fraction of sp³-hybridized carbons (Fsp3) is 0.812. The largest absolute Gasteiger partial charge is 0.347 e. The van der Waals surface area contributed by atoms with Crippen molar-refractivity contribution in [3.8, 4) is 0 Å². The van der Waals surface area contributed by atoms with Gasteiger partial charge in [0.1, 0.15) is 5.78 Å². The maximum Gasteiger partial charge on any atom is 0.173 e. The van der Waals surface area contributed by atoms with Crippen molar-refractivity contribution in [2.45, 2.75) is 52.2 Å². The van der Waals surface area contributed by atoms with Crippen LogP contribution in [0.3, 0.4) is 0 Å². The molecule has 1 aliphatic heterocycles. The summed E-state index contributed by atoms with van der Waals surface area (Å²) in [5.41, 5.74) is 1.07. The summed E-state index contributed by atoms with van der Waals surface area (Å²) in [5.74, 6) is 0.526. The van der Waals surface area contributed by atoms with E-state index in [1.165, 1.54) is 5.57 Å². The molecule has 3 aliphatic rings. The summed E-state index contributed by atoms with van der Waals surface area (Å²) in [6.45, 7) is 7.72. The zero-order chi connectivity index (χ0) is 13.7. The van der Waals surface area contributed by atoms with Gasteiger partial charge in [-0.3, -0.25) is 4.79 Å². The molecule has 1 saturated heterocycles. The predicted octanol–water partition coefficient (Wildman–Crippen LogP) is 3.09. The van der Waals surface area contributed by atoms with Gasteiger partial charge in [0.25, 0.3) is 0 Å². The number of ether oxygens (including phenoxy) is 2. The van der Waals surface area contributed by atoms with Gasteiger partial charge in [0, 0.05) is 24.2 Å². The minimum absolute atomic E-state index is 0.193. The van der Waals surface area contributed by atoms with Crippen molar-refractivity contribution in [3.05, 3.63) is 11.6 Å². The number of carbonyl (C=O) groups excluding carboxylic acids is 1. The number of Topliss-reactive ketones (excluding diaryl/α,β-unsaturated/α-hetero) is 1. The minimum atomic E-state index is -0.490. The number of allylic oxidation sites excluding steroid dienone is 2. The predicted molar refractivity (Wildman–Crippen MR) is 72.6 cm³/mol. The van der Waals surface area contributed by atoms with Crippen molar-refractivity contribution < 1.29 is 14.3 Å². The summed E-state index contributed by atoms with van der Waals surface area (Å²) in [6.07, 6.45) is 5.71. The molecule has 0 aromatic rings. The number of rotatable bonds is 1. The Morgan fingerprint density at radius 2 is 1.95 bits per heavy atom. The van der Waals surface area contributed by atoms with Crippen molar-refractivity contribution in [1.29, 1.82) is 0 Å². The topological polar surface area (TPSA) is 35.5 Å². The molecule has 3 rings (SSSR count). The number of ketones is 1. The number of hydrogen-bond donors (Lipinski definition) is 0. The Labute approximate surface area is 115 Å². The van der Waals surface area contributed by atoms with Crippen molar-refractivity contribution in [2.75, 3.05) is 13.2 Å². The van der Waals surface area contributed by atoms with Crippen LogP contribution in [-0.2, 0) is 14.3 Å². The van der Waals surface area contributed by atoms with Crippen LogP contribution in [0.25, 0.3) is 0 Å². The molecular weight excluding hydrogens is 240 g/mol. The summed E-state index contributed by atoms with van der Waals surface area (Å²) in [4.78, 5) is 12.4. The number of hydrogen-bond acceptors (Lipinski definition) is 3. The zero-order valence-electron chi connectivity index (χ0n) is 12.2. The molecule has 106 valence electrons. The summed E-state index contributed by atoms with van der Waals surface area (Å²) in [7, 11) is 0. The lowest BCUT2D eigenvalue weighted by Gasteiger charge is -2.47. The molecule has 0 radical (unpaired) electrons. The molecule has 0 bridgehead atoms. The first kappa shape index (κ1) is 13.3. The van der Waals surface area contributed by atoms with E-state index >= 15 is 0 Å². The van der Waals surface area contributed by atoms with E-state index in [0.717, 1.165) is 19.3 Å². The summed E-state index contributed by atoms with van der Waals surface area (Å²) in [6, 6.07) is 0. The lowest BCUT2D eigenvalue weighted by molar-refractivity contribution is -0.236. The Hall–Kier alpha value is -0.670. The van der Waals surface area contributed by atoms with Gasteiger partial charge in [-0.2, -0.15) is 0 Å². The molecule has 0 unspecified atom stereocenters. The van der Waals surface area contributed by atoms with Crippen molar-refractivity contribution >= 4 is 5.78 Å². The summed E-state index contributed by atoms with van der Waals surface area (Å²) < 4.78 is 12.0. The second kappa shape index (κ2) is 4.42. The molecule has 2 aliphatic carbocycles. The molecule has 0 amide bonds. The highest BCUT2D eigenvalue weighted by molar-refractivity contribution is 5.86. The van der Waals surface area contributed by atoms with E-state index in [9.17, 15) is 4.79 Å². The molecule has 1 spiro atoms. The van der Waals surface area contributed by atoms with E-state index in [-0.39, 0.29) is 11.3 Å². The Balaban J connectivity index is 2.01. The van der Waals surface area contributed by atoms with Gasteiger partial charge in [-0.05, 0) is 32.6 Å². The Morgan fingerprint density at radius 3 is 2.58 bits per heavy atom. The van der Waals surface area contributed by atoms with Crippen LogP contribution < -0.4 is 0 Å². The van der Waals surface area contributed by atoms with Gasteiger partial charge in [-0.15, -0.1) is 0 Å². The van der Waals surface area contributed by atoms with E-state index in [1.54, 1.807) is 0 Å². The lowest BCUT2D eigenvalue weighted by Crippen LogP contribution is -2.54. The first-order valence-electron chi connectivity index (χ1n) is 7.44. The van der Waals surface area contributed by atoms with E-state index in [0.29, 0.717) is 31.3 Å². The van der Waals surface area contributed by atoms with Gasteiger partial charge in [-0.25, -0.2) is 0 Å². The normalized spacial score (nSPS) is 40.5. The third-order valence-electron chi connectivity index (χ3n) is 5.25. The molecule has 1 heterocycles. The van der Waals surface area contributed by atoms with Gasteiger partial charge in [0.2, 0.25) is 0 Å². The Morgan fingerprint density at radius 1 is 1.26 bits per heavy atom. The van der Waals surface area contributed by atoms with Crippen LogP contribution in [0.2, 0.25) is 0 Å². The Kier molecular flexibility index (Phi) is 3.10. The van der Waals surface area contributed by atoms with Crippen LogP contribution in [0.4, 0.5) is 0 Å². The van der Waals surface area contributed by atoms with E-state index in [1.807, 2.05) is 0 Å². The van der Waals surface area contributed by atoms with Crippen LogP contribution >= 0.6 is 0 Å².